The van der Waals surface area contributed by atoms with Gasteiger partial charge in [-0.2, -0.15) is 0 Å². The lowest BCUT2D eigenvalue weighted by atomic mass is 9.99. The summed E-state index contributed by atoms with van der Waals surface area (Å²) in [7, 11) is 0. The monoisotopic (exact) mass is 224 g/mol. The quantitative estimate of drug-likeness (QED) is 0.824. The second-order valence-corrected chi connectivity index (χ2v) is 4.44. The van der Waals surface area contributed by atoms with Gasteiger partial charge < -0.3 is 5.11 Å². The summed E-state index contributed by atoms with van der Waals surface area (Å²) in [5.74, 6) is -1.24. The predicted octanol–water partition coefficient (Wildman–Crippen LogP) is 1.39. The van der Waals surface area contributed by atoms with Gasteiger partial charge in [-0.15, -0.1) is 0 Å². The van der Waals surface area contributed by atoms with E-state index in [1.54, 1.807) is 6.92 Å². The van der Waals surface area contributed by atoms with Crippen LogP contribution in [0.2, 0.25) is 0 Å². The number of aliphatic carboxylic acids is 1. The van der Waals surface area contributed by atoms with Crippen LogP contribution in [0, 0.1) is 5.92 Å². The summed E-state index contributed by atoms with van der Waals surface area (Å²) in [5, 5.41) is 11.3. The van der Waals surface area contributed by atoms with Crippen LogP contribution in [0.4, 0.5) is 0 Å². The minimum absolute atomic E-state index is 0.458. The average molecular weight is 224 g/mol. The second kappa shape index (κ2) is 3.45. The Labute approximate surface area is 98.9 Å². The Balaban J connectivity index is 2.27. The van der Waals surface area contributed by atoms with Crippen molar-refractivity contribution in [3.63, 3.8) is 0 Å². The largest absolute Gasteiger partial charge is 0.481 e. The molecule has 0 aliphatic heterocycles. The van der Waals surface area contributed by atoms with Crippen molar-refractivity contribution in [3.05, 3.63) is 45.8 Å². The first-order valence-corrected chi connectivity index (χ1v) is 5.64. The minimum atomic E-state index is -0.778. The van der Waals surface area contributed by atoms with E-state index in [9.17, 15) is 4.79 Å². The lowest BCUT2D eigenvalue weighted by Crippen LogP contribution is -2.20. The zero-order valence-electron chi connectivity index (χ0n) is 9.47. The summed E-state index contributed by atoms with van der Waals surface area (Å²) in [6.07, 6.45) is 10.1. The Kier molecular flexibility index (Phi) is 2.05. The van der Waals surface area contributed by atoms with Crippen molar-refractivity contribution in [2.75, 3.05) is 0 Å². The van der Waals surface area contributed by atoms with Crippen LogP contribution in [0.3, 0.4) is 0 Å². The zero-order valence-corrected chi connectivity index (χ0v) is 9.47. The van der Waals surface area contributed by atoms with E-state index in [4.69, 9.17) is 5.11 Å². The highest BCUT2D eigenvalue weighted by Gasteiger charge is 2.19. The van der Waals surface area contributed by atoms with E-state index in [1.165, 1.54) is 10.8 Å². The summed E-state index contributed by atoms with van der Waals surface area (Å²) in [6, 6.07) is 4.20. The third-order valence-electron chi connectivity index (χ3n) is 3.40. The number of hydrogen-bond acceptors (Lipinski definition) is 1. The van der Waals surface area contributed by atoms with E-state index >= 15 is 0 Å². The molecule has 0 heterocycles. The normalized spacial score (nSPS) is 16.6. The van der Waals surface area contributed by atoms with Gasteiger partial charge in [0.1, 0.15) is 0 Å². The maximum Gasteiger partial charge on any atom is 0.310 e. The van der Waals surface area contributed by atoms with Gasteiger partial charge >= 0.3 is 5.97 Å². The van der Waals surface area contributed by atoms with Crippen molar-refractivity contribution in [2.24, 2.45) is 5.92 Å². The van der Waals surface area contributed by atoms with Gasteiger partial charge in [0, 0.05) is 0 Å². The number of benzene rings is 1. The molecule has 1 atom stereocenters. The van der Waals surface area contributed by atoms with E-state index in [2.05, 4.69) is 24.3 Å². The van der Waals surface area contributed by atoms with Gasteiger partial charge in [0.25, 0.3) is 0 Å². The Morgan fingerprint density at radius 1 is 1.18 bits per heavy atom. The van der Waals surface area contributed by atoms with Gasteiger partial charge in [0.15, 0.2) is 0 Å². The van der Waals surface area contributed by atoms with E-state index in [-0.39, 0.29) is 0 Å². The number of fused-ring (bicyclic) bond motifs is 2. The number of carboxylic acids is 1. The van der Waals surface area contributed by atoms with Crippen LogP contribution in [0.15, 0.2) is 24.3 Å². The molecular formula is C15H12O2. The van der Waals surface area contributed by atoms with Gasteiger partial charge in [-0.25, -0.2) is 0 Å². The van der Waals surface area contributed by atoms with Crippen molar-refractivity contribution in [3.8, 4) is 0 Å². The fourth-order valence-electron chi connectivity index (χ4n) is 2.36. The highest BCUT2D eigenvalue weighted by Crippen LogP contribution is 2.19. The minimum Gasteiger partial charge on any atom is -0.481 e. The standard InChI is InChI=1S/C15H12O2/c1-9(15(16)17)13-6-5-12-7-10-3-2-4-11(10)8-14(12)13/h2-9H,1H3,(H,16,17). The summed E-state index contributed by atoms with van der Waals surface area (Å²) >= 11 is 0. The molecule has 2 aliphatic rings. The van der Waals surface area contributed by atoms with Crippen LogP contribution >= 0.6 is 0 Å². The first kappa shape index (κ1) is 10.1. The van der Waals surface area contributed by atoms with Crippen LogP contribution in [0.1, 0.15) is 18.1 Å². The summed E-state index contributed by atoms with van der Waals surface area (Å²) in [6.45, 7) is 1.73. The fraction of sp³-hybridized carbons (Fsp3) is 0.133. The molecule has 0 saturated heterocycles. The van der Waals surface area contributed by atoms with Crippen LogP contribution in [-0.4, -0.2) is 11.1 Å². The molecule has 0 bridgehead atoms. The molecule has 2 nitrogen and oxygen atoms in total. The molecule has 84 valence electrons. The molecule has 3 rings (SSSR count). The summed E-state index contributed by atoms with van der Waals surface area (Å²) in [4.78, 5) is 11.1. The van der Waals surface area contributed by atoms with E-state index in [1.807, 2.05) is 18.2 Å². The smallest absolute Gasteiger partial charge is 0.310 e. The molecule has 1 aromatic carbocycles. The SMILES string of the molecule is CC(C(=O)O)C1=c2cc3c(cc2C=C1)=CC=C3. The number of rotatable bonds is 2. The van der Waals surface area contributed by atoms with Crippen LogP contribution in [0.5, 0.6) is 0 Å². The summed E-state index contributed by atoms with van der Waals surface area (Å²) < 4.78 is 0. The number of carboxylic acid groups (broad SMARTS) is 1. The molecular weight excluding hydrogens is 212 g/mol. The Bertz CT molecular complexity index is 690. The van der Waals surface area contributed by atoms with Crippen molar-refractivity contribution in [2.45, 2.75) is 6.92 Å². The Hall–Kier alpha value is -2.09. The van der Waals surface area contributed by atoms with E-state index < -0.39 is 11.9 Å². The van der Waals surface area contributed by atoms with Crippen molar-refractivity contribution < 1.29 is 9.90 Å². The maximum atomic E-state index is 11.1. The molecule has 0 fully saturated rings. The van der Waals surface area contributed by atoms with Gasteiger partial charge in [-0.1, -0.05) is 30.4 Å². The molecule has 2 aliphatic carbocycles. The number of carbonyl (C=O) groups is 1. The Morgan fingerprint density at radius 3 is 2.76 bits per heavy atom. The lowest BCUT2D eigenvalue weighted by Gasteiger charge is -2.05. The van der Waals surface area contributed by atoms with Crippen LogP contribution in [0.25, 0.3) is 23.8 Å². The van der Waals surface area contributed by atoms with E-state index in [0.717, 1.165) is 16.4 Å². The topological polar surface area (TPSA) is 37.3 Å². The highest BCUT2D eigenvalue weighted by atomic mass is 16.4. The number of hydrogen-bond donors (Lipinski definition) is 1. The van der Waals surface area contributed by atoms with Gasteiger partial charge in [-0.05, 0) is 46.2 Å². The third-order valence-corrected chi connectivity index (χ3v) is 3.40. The molecule has 2 heteroatoms. The van der Waals surface area contributed by atoms with Gasteiger partial charge in [0.05, 0.1) is 5.92 Å². The summed E-state index contributed by atoms with van der Waals surface area (Å²) in [5.41, 5.74) is 3.19. The van der Waals surface area contributed by atoms with Crippen LogP contribution in [-0.2, 0) is 4.79 Å². The first-order valence-electron chi connectivity index (χ1n) is 5.64. The second-order valence-electron chi connectivity index (χ2n) is 4.44. The molecule has 0 amide bonds. The van der Waals surface area contributed by atoms with Gasteiger partial charge in [0.2, 0.25) is 0 Å². The fourth-order valence-corrected chi connectivity index (χ4v) is 2.36. The van der Waals surface area contributed by atoms with Gasteiger partial charge in [-0.3, -0.25) is 4.79 Å². The first-order chi connectivity index (χ1) is 8.16. The molecule has 17 heavy (non-hydrogen) atoms. The predicted molar refractivity (Wildman–Crippen MR) is 68.4 cm³/mol. The van der Waals surface area contributed by atoms with Crippen molar-refractivity contribution in [1.29, 1.82) is 0 Å². The molecule has 1 unspecified atom stereocenters. The average Bonchev–Trinajstić information content (AvgIpc) is 2.89. The molecule has 0 aromatic heterocycles. The van der Waals surface area contributed by atoms with Crippen molar-refractivity contribution in [1.82, 2.24) is 0 Å². The third kappa shape index (κ3) is 1.45. The number of allylic oxidation sites excluding steroid dienone is 2. The maximum absolute atomic E-state index is 11.1. The lowest BCUT2D eigenvalue weighted by molar-refractivity contribution is -0.139. The molecule has 0 radical (unpaired) electrons. The Morgan fingerprint density at radius 2 is 2.00 bits per heavy atom. The molecule has 1 N–H and O–H groups in total. The molecule has 0 spiro atoms. The molecule has 0 saturated carbocycles. The zero-order chi connectivity index (χ0) is 12.0. The van der Waals surface area contributed by atoms with Crippen molar-refractivity contribution >= 4 is 29.8 Å². The highest BCUT2D eigenvalue weighted by molar-refractivity contribution is 5.89. The van der Waals surface area contributed by atoms with E-state index in [0.29, 0.717) is 0 Å². The van der Waals surface area contributed by atoms with Crippen LogP contribution < -0.4 is 10.4 Å². The molecule has 1 aromatic rings.